The van der Waals surface area contributed by atoms with Gasteiger partial charge in [-0.1, -0.05) is 12.8 Å². The number of nitrogens with one attached hydrogen (secondary N) is 1. The molecule has 0 unspecified atom stereocenters. The number of likely N-dealkylation sites (tertiary alicyclic amines) is 1. The Balaban J connectivity index is 1.13. The average Bonchev–Trinajstić information content (AvgIpc) is 3.27. The fourth-order valence-electron chi connectivity index (χ4n) is 4.12. The quantitative estimate of drug-likeness (QED) is 0.595. The van der Waals surface area contributed by atoms with Gasteiger partial charge in [0.25, 0.3) is 11.8 Å². The van der Waals surface area contributed by atoms with Crippen LogP contribution in [-0.4, -0.2) is 50.7 Å². The van der Waals surface area contributed by atoms with Crippen LogP contribution in [0.3, 0.4) is 0 Å². The number of aromatic nitrogens is 3. The average molecular weight is 420 g/mol. The first-order valence-corrected chi connectivity index (χ1v) is 11.0. The fourth-order valence-corrected chi connectivity index (χ4v) is 4.12. The van der Waals surface area contributed by atoms with Crippen LogP contribution in [0.1, 0.15) is 58.5 Å². The highest BCUT2D eigenvalue weighted by molar-refractivity contribution is 5.94. The van der Waals surface area contributed by atoms with E-state index in [0.717, 1.165) is 56.5 Å². The monoisotopic (exact) mass is 419 g/mol. The largest absolute Gasteiger partial charge is 0.352 e. The zero-order valence-electron chi connectivity index (χ0n) is 18.0. The van der Waals surface area contributed by atoms with Crippen LogP contribution in [0, 0.1) is 12.8 Å². The first-order valence-electron chi connectivity index (χ1n) is 11.0. The number of hydrogen-bond donors (Lipinski definition) is 1. The number of imidazole rings is 1. The zero-order chi connectivity index (χ0) is 21.6. The second-order valence-electron chi connectivity index (χ2n) is 8.29. The smallest absolute Gasteiger partial charge is 0.255 e. The van der Waals surface area contributed by atoms with Gasteiger partial charge in [0.2, 0.25) is 0 Å². The van der Waals surface area contributed by atoms with Crippen LogP contribution in [0.4, 0.5) is 0 Å². The molecule has 7 nitrogen and oxygen atoms in total. The molecule has 3 aromatic rings. The maximum Gasteiger partial charge on any atom is 0.255 e. The molecule has 0 saturated carbocycles. The highest BCUT2D eigenvalue weighted by Gasteiger charge is 2.23. The van der Waals surface area contributed by atoms with Crippen molar-refractivity contribution in [1.82, 2.24) is 24.6 Å². The number of carbonyl (C=O) groups excluding carboxylic acids is 2. The van der Waals surface area contributed by atoms with Gasteiger partial charge in [0.05, 0.1) is 11.1 Å². The lowest BCUT2D eigenvalue weighted by Crippen LogP contribution is -2.38. The first-order chi connectivity index (χ1) is 15.1. The predicted octanol–water partition coefficient (Wildman–Crippen LogP) is 3.49. The van der Waals surface area contributed by atoms with Gasteiger partial charge in [-0.2, -0.15) is 0 Å². The number of piperidine rings is 1. The molecule has 0 aliphatic carbocycles. The Bertz CT molecular complexity index is 1040. The maximum atomic E-state index is 12.6. The summed E-state index contributed by atoms with van der Waals surface area (Å²) in [6, 6.07) is 7.40. The van der Waals surface area contributed by atoms with Gasteiger partial charge >= 0.3 is 0 Å². The summed E-state index contributed by atoms with van der Waals surface area (Å²) in [7, 11) is 0. The molecule has 3 aromatic heterocycles. The number of hydrogen-bond acceptors (Lipinski definition) is 4. The minimum absolute atomic E-state index is 0.0481. The van der Waals surface area contributed by atoms with Gasteiger partial charge in [-0.3, -0.25) is 14.6 Å². The topological polar surface area (TPSA) is 79.6 Å². The van der Waals surface area contributed by atoms with Crippen LogP contribution in [0.5, 0.6) is 0 Å². The Hall–Kier alpha value is -3.22. The van der Waals surface area contributed by atoms with Crippen molar-refractivity contribution in [2.24, 2.45) is 5.92 Å². The lowest BCUT2D eigenvalue weighted by molar-refractivity contribution is 0.0685. The molecular weight excluding hydrogens is 390 g/mol. The second-order valence-corrected chi connectivity index (χ2v) is 8.29. The number of amides is 2. The van der Waals surface area contributed by atoms with Crippen molar-refractivity contribution < 1.29 is 9.59 Å². The first kappa shape index (κ1) is 21.0. The van der Waals surface area contributed by atoms with Crippen LogP contribution in [0.15, 0.2) is 49.1 Å². The molecule has 1 saturated heterocycles. The van der Waals surface area contributed by atoms with E-state index in [2.05, 4.69) is 15.3 Å². The Morgan fingerprint density at radius 3 is 2.65 bits per heavy atom. The summed E-state index contributed by atoms with van der Waals surface area (Å²) in [4.78, 5) is 35.3. The number of carbonyl (C=O) groups is 2. The lowest BCUT2D eigenvalue weighted by atomic mass is 9.91. The van der Waals surface area contributed by atoms with E-state index in [1.165, 1.54) is 0 Å². The van der Waals surface area contributed by atoms with Crippen LogP contribution in [0.25, 0.3) is 5.65 Å². The molecule has 162 valence electrons. The van der Waals surface area contributed by atoms with Crippen LogP contribution >= 0.6 is 0 Å². The fraction of sp³-hybridized carbons (Fsp3) is 0.417. The summed E-state index contributed by atoms with van der Waals surface area (Å²) < 4.78 is 1.85. The Labute approximate surface area is 182 Å². The van der Waals surface area contributed by atoms with E-state index in [0.29, 0.717) is 23.6 Å². The zero-order valence-corrected chi connectivity index (χ0v) is 18.0. The summed E-state index contributed by atoms with van der Waals surface area (Å²) in [5.74, 6) is 0.690. The number of pyridine rings is 2. The third-order valence-electron chi connectivity index (χ3n) is 6.04. The molecule has 1 aliphatic rings. The highest BCUT2D eigenvalue weighted by Crippen LogP contribution is 2.23. The van der Waals surface area contributed by atoms with Gasteiger partial charge in [-0.05, 0) is 56.4 Å². The molecule has 31 heavy (non-hydrogen) atoms. The maximum absolute atomic E-state index is 12.6. The molecule has 7 heteroatoms. The van der Waals surface area contributed by atoms with E-state index in [1.54, 1.807) is 24.7 Å². The summed E-state index contributed by atoms with van der Waals surface area (Å²) in [6.45, 7) is 4.22. The van der Waals surface area contributed by atoms with Crippen molar-refractivity contribution in [1.29, 1.82) is 0 Å². The van der Waals surface area contributed by atoms with Gasteiger partial charge < -0.3 is 14.6 Å². The van der Waals surface area contributed by atoms with Crippen molar-refractivity contribution >= 4 is 17.5 Å². The van der Waals surface area contributed by atoms with Crippen LogP contribution in [0.2, 0.25) is 0 Å². The molecule has 1 N–H and O–H groups in total. The van der Waals surface area contributed by atoms with Crippen molar-refractivity contribution in [2.45, 2.75) is 39.0 Å². The molecule has 0 aromatic carbocycles. The summed E-state index contributed by atoms with van der Waals surface area (Å²) in [6.07, 6.45) is 12.3. The Morgan fingerprint density at radius 1 is 1.06 bits per heavy atom. The number of aryl methyl sites for hydroxylation is 1. The minimum Gasteiger partial charge on any atom is -0.352 e. The van der Waals surface area contributed by atoms with Gasteiger partial charge in [0, 0.05) is 50.1 Å². The Morgan fingerprint density at radius 2 is 1.87 bits per heavy atom. The molecule has 1 fully saturated rings. The summed E-state index contributed by atoms with van der Waals surface area (Å²) in [5, 5.41) is 3.01. The molecule has 1 aliphatic heterocycles. The third kappa shape index (κ3) is 5.29. The predicted molar refractivity (Wildman–Crippen MR) is 119 cm³/mol. The number of rotatable bonds is 7. The van der Waals surface area contributed by atoms with Crippen molar-refractivity contribution in [3.8, 4) is 0 Å². The number of nitrogens with zero attached hydrogens (tertiary/aromatic N) is 4. The molecule has 4 heterocycles. The molecule has 0 atom stereocenters. The van der Waals surface area contributed by atoms with Gasteiger partial charge in [-0.15, -0.1) is 0 Å². The van der Waals surface area contributed by atoms with Crippen LogP contribution in [-0.2, 0) is 0 Å². The highest BCUT2D eigenvalue weighted by atomic mass is 16.2. The van der Waals surface area contributed by atoms with Crippen molar-refractivity contribution in [3.63, 3.8) is 0 Å². The minimum atomic E-state index is -0.0481. The molecular formula is C24H29N5O2. The van der Waals surface area contributed by atoms with Gasteiger partial charge in [0.1, 0.15) is 5.65 Å². The summed E-state index contributed by atoms with van der Waals surface area (Å²) in [5.41, 5.74) is 3.07. The number of fused-ring (bicyclic) bond motifs is 1. The van der Waals surface area contributed by atoms with E-state index >= 15 is 0 Å². The van der Waals surface area contributed by atoms with Gasteiger partial charge in [-0.25, -0.2) is 4.98 Å². The normalized spacial score (nSPS) is 14.7. The van der Waals surface area contributed by atoms with E-state index in [4.69, 9.17) is 0 Å². The van der Waals surface area contributed by atoms with E-state index in [9.17, 15) is 9.59 Å². The molecule has 0 bridgehead atoms. The molecule has 4 rings (SSSR count). The Kier molecular flexibility index (Phi) is 6.60. The SMILES string of the molecule is Cc1ccc(C(=O)N2CCC(CCCCNC(=O)c3ccc4nccn4c3)CC2)cn1. The van der Waals surface area contributed by atoms with Gasteiger partial charge in [0.15, 0.2) is 0 Å². The molecule has 0 spiro atoms. The van der Waals surface area contributed by atoms with E-state index in [1.807, 2.05) is 40.6 Å². The standard InChI is InChI=1S/C24H29N5O2/c1-18-5-6-20(16-27-18)24(31)28-13-9-19(10-14-28)4-2-3-11-26-23(30)21-7-8-22-25-12-15-29(22)17-21/h5-8,12,15-17,19H,2-4,9-11,13-14H2,1H3,(H,26,30). The third-order valence-corrected chi connectivity index (χ3v) is 6.04. The number of unbranched alkanes of at least 4 members (excludes halogenated alkanes) is 1. The lowest BCUT2D eigenvalue weighted by Gasteiger charge is -2.32. The summed E-state index contributed by atoms with van der Waals surface area (Å²) >= 11 is 0. The molecule has 0 radical (unpaired) electrons. The van der Waals surface area contributed by atoms with E-state index in [-0.39, 0.29) is 11.8 Å². The van der Waals surface area contributed by atoms with Crippen molar-refractivity contribution in [3.05, 3.63) is 65.9 Å². The van der Waals surface area contributed by atoms with Crippen LogP contribution < -0.4 is 5.32 Å². The van der Waals surface area contributed by atoms with Crippen molar-refractivity contribution in [2.75, 3.05) is 19.6 Å². The molecule has 2 amide bonds. The van der Waals surface area contributed by atoms with E-state index < -0.39 is 0 Å². The second kappa shape index (κ2) is 9.73.